The van der Waals surface area contributed by atoms with Crippen LogP contribution in [0.2, 0.25) is 0 Å². The van der Waals surface area contributed by atoms with Crippen LogP contribution in [0, 0.1) is 17.8 Å². The lowest BCUT2D eigenvalue weighted by molar-refractivity contribution is -0.174. The summed E-state index contributed by atoms with van der Waals surface area (Å²) in [6.45, 7) is 8.28. The highest BCUT2D eigenvalue weighted by Crippen LogP contribution is 2.53. The molecule has 3 heterocycles. The maximum atomic E-state index is 12.5. The number of carbonyl (C=O) groups is 1. The van der Waals surface area contributed by atoms with Crippen molar-refractivity contribution in [3.05, 3.63) is 0 Å². The van der Waals surface area contributed by atoms with Crippen molar-refractivity contribution >= 4 is 5.91 Å². The quantitative estimate of drug-likeness (QED) is 0.799. The van der Waals surface area contributed by atoms with E-state index in [1.165, 1.54) is 58.2 Å². The van der Waals surface area contributed by atoms with Crippen LogP contribution in [0.1, 0.15) is 65.2 Å². The lowest BCUT2D eigenvalue weighted by Crippen LogP contribution is -2.74. The molecule has 3 nitrogen and oxygen atoms in total. The van der Waals surface area contributed by atoms with Crippen molar-refractivity contribution in [1.29, 1.82) is 0 Å². The average Bonchev–Trinajstić information content (AvgIpc) is 2.83. The Hall–Kier alpha value is -0.570. The van der Waals surface area contributed by atoms with Gasteiger partial charge in [-0.1, -0.05) is 33.1 Å². The summed E-state index contributed by atoms with van der Waals surface area (Å²) in [4.78, 5) is 17.6. The predicted octanol–water partition coefficient (Wildman–Crippen LogP) is 3.29. The topological polar surface area (TPSA) is 23.6 Å². The number of hydrogen-bond acceptors (Lipinski definition) is 2. The Morgan fingerprint density at radius 2 is 1.95 bits per heavy atom. The van der Waals surface area contributed by atoms with Crippen LogP contribution in [0.4, 0.5) is 0 Å². The Morgan fingerprint density at radius 3 is 2.68 bits per heavy atom. The van der Waals surface area contributed by atoms with Crippen LogP contribution in [0.25, 0.3) is 0 Å². The van der Waals surface area contributed by atoms with Crippen LogP contribution in [-0.4, -0.2) is 46.9 Å². The van der Waals surface area contributed by atoms with Crippen LogP contribution >= 0.6 is 0 Å². The maximum absolute atomic E-state index is 12.5. The van der Waals surface area contributed by atoms with Gasteiger partial charge in [-0.2, -0.15) is 0 Å². The molecular weight excluding hydrogens is 272 g/mol. The lowest BCUT2D eigenvalue weighted by Gasteiger charge is -2.63. The second-order valence-corrected chi connectivity index (χ2v) is 8.82. The second-order valence-electron chi connectivity index (χ2n) is 8.82. The van der Waals surface area contributed by atoms with Gasteiger partial charge in [0.15, 0.2) is 0 Å². The number of hydrogen-bond donors (Lipinski definition) is 0. The molecule has 0 bridgehead atoms. The third-order valence-electron chi connectivity index (χ3n) is 7.10. The maximum Gasteiger partial charge on any atom is 0.223 e. The molecule has 1 saturated carbocycles. The van der Waals surface area contributed by atoms with Crippen LogP contribution in [-0.2, 0) is 4.79 Å². The summed E-state index contributed by atoms with van der Waals surface area (Å²) in [6, 6.07) is 0.518. The van der Waals surface area contributed by atoms with Crippen molar-refractivity contribution in [3.63, 3.8) is 0 Å². The third-order valence-corrected chi connectivity index (χ3v) is 7.10. The summed E-state index contributed by atoms with van der Waals surface area (Å²) < 4.78 is 0. The minimum atomic E-state index is 0.235. The van der Waals surface area contributed by atoms with Gasteiger partial charge in [0.1, 0.15) is 0 Å². The molecule has 0 radical (unpaired) electrons. The van der Waals surface area contributed by atoms with E-state index in [0.717, 1.165) is 24.7 Å². The monoisotopic (exact) mass is 304 g/mol. The van der Waals surface area contributed by atoms with Gasteiger partial charge in [-0.05, 0) is 43.4 Å². The van der Waals surface area contributed by atoms with Crippen LogP contribution < -0.4 is 0 Å². The molecule has 124 valence electrons. The molecule has 0 unspecified atom stereocenters. The average molecular weight is 304 g/mol. The highest BCUT2D eigenvalue weighted by molar-refractivity contribution is 5.80. The van der Waals surface area contributed by atoms with Gasteiger partial charge in [0, 0.05) is 32.1 Å². The Labute approximate surface area is 135 Å². The number of piperidine rings is 1. The zero-order valence-corrected chi connectivity index (χ0v) is 14.4. The standard InChI is InChI=1S/C19H32N2O/c1-14(2)17-10-19-13-20(11-15-6-4-3-5-7-15)12-16(19)8-9-18(22)21(17)19/h14-17H,3-13H2,1-2H3/t16-,17-,19+/m1/s1. The number of likely N-dealkylation sites (tertiary alicyclic amines) is 1. The fraction of sp³-hybridized carbons (Fsp3) is 0.947. The van der Waals surface area contributed by atoms with Gasteiger partial charge >= 0.3 is 0 Å². The molecule has 1 spiro atoms. The van der Waals surface area contributed by atoms with Gasteiger partial charge in [-0.3, -0.25) is 4.79 Å². The Bertz CT molecular complexity index is 443. The van der Waals surface area contributed by atoms with Gasteiger partial charge in [0.05, 0.1) is 5.54 Å². The minimum absolute atomic E-state index is 0.235. The van der Waals surface area contributed by atoms with E-state index in [4.69, 9.17) is 0 Å². The summed E-state index contributed by atoms with van der Waals surface area (Å²) in [6.07, 6.45) is 10.4. The van der Waals surface area contributed by atoms with Gasteiger partial charge in [-0.15, -0.1) is 0 Å². The van der Waals surface area contributed by atoms with Crippen molar-refractivity contribution in [1.82, 2.24) is 9.80 Å². The summed E-state index contributed by atoms with van der Waals surface area (Å²) in [7, 11) is 0. The Balaban J connectivity index is 1.46. The van der Waals surface area contributed by atoms with E-state index in [0.29, 0.717) is 17.9 Å². The third kappa shape index (κ3) is 2.23. The van der Waals surface area contributed by atoms with E-state index in [2.05, 4.69) is 23.6 Å². The van der Waals surface area contributed by atoms with Crippen molar-refractivity contribution in [2.75, 3.05) is 19.6 Å². The summed E-state index contributed by atoms with van der Waals surface area (Å²) >= 11 is 0. The van der Waals surface area contributed by atoms with Crippen molar-refractivity contribution in [2.24, 2.45) is 17.8 Å². The fourth-order valence-electron chi connectivity index (χ4n) is 5.96. The predicted molar refractivity (Wildman–Crippen MR) is 88.6 cm³/mol. The Morgan fingerprint density at radius 1 is 1.18 bits per heavy atom. The van der Waals surface area contributed by atoms with Crippen LogP contribution in [0.15, 0.2) is 0 Å². The van der Waals surface area contributed by atoms with Crippen LogP contribution in [0.3, 0.4) is 0 Å². The molecule has 0 aromatic heterocycles. The molecule has 1 amide bonds. The second kappa shape index (κ2) is 5.51. The number of carbonyl (C=O) groups excluding carboxylic acids is 1. The number of amides is 1. The van der Waals surface area contributed by atoms with Gasteiger partial charge in [0.2, 0.25) is 5.91 Å². The van der Waals surface area contributed by atoms with E-state index >= 15 is 0 Å². The van der Waals surface area contributed by atoms with Gasteiger partial charge in [-0.25, -0.2) is 0 Å². The summed E-state index contributed by atoms with van der Waals surface area (Å²) in [5, 5.41) is 0. The molecule has 3 saturated heterocycles. The van der Waals surface area contributed by atoms with Gasteiger partial charge < -0.3 is 9.80 Å². The first-order valence-electron chi connectivity index (χ1n) is 9.65. The smallest absolute Gasteiger partial charge is 0.223 e. The molecule has 1 aliphatic carbocycles. The normalized spacial score (nSPS) is 39.8. The SMILES string of the molecule is CC(C)[C@H]1C[C@]23CN(CC4CCCCC4)C[C@H]2CCC(=O)N13. The fourth-order valence-corrected chi connectivity index (χ4v) is 5.96. The van der Waals surface area contributed by atoms with Crippen molar-refractivity contribution < 1.29 is 4.79 Å². The van der Waals surface area contributed by atoms with Crippen LogP contribution in [0.5, 0.6) is 0 Å². The summed E-state index contributed by atoms with van der Waals surface area (Å²) in [5.41, 5.74) is 0.235. The van der Waals surface area contributed by atoms with E-state index in [1.807, 2.05) is 0 Å². The molecular formula is C19H32N2O. The van der Waals surface area contributed by atoms with Crippen molar-refractivity contribution in [2.45, 2.75) is 76.8 Å². The highest BCUT2D eigenvalue weighted by atomic mass is 16.2. The molecule has 4 aliphatic rings. The first kappa shape index (κ1) is 15.0. The molecule has 0 aromatic rings. The highest BCUT2D eigenvalue weighted by Gasteiger charge is 2.63. The van der Waals surface area contributed by atoms with Gasteiger partial charge in [0.25, 0.3) is 0 Å². The largest absolute Gasteiger partial charge is 0.332 e. The first-order valence-corrected chi connectivity index (χ1v) is 9.65. The zero-order valence-electron chi connectivity index (χ0n) is 14.4. The number of nitrogens with zero attached hydrogens (tertiary/aromatic N) is 2. The molecule has 0 aromatic carbocycles. The van der Waals surface area contributed by atoms with E-state index < -0.39 is 0 Å². The van der Waals surface area contributed by atoms with E-state index in [1.54, 1.807) is 0 Å². The number of rotatable bonds is 3. The zero-order chi connectivity index (χ0) is 15.3. The molecule has 0 N–H and O–H groups in total. The Kier molecular flexibility index (Phi) is 3.75. The van der Waals surface area contributed by atoms with E-state index in [-0.39, 0.29) is 5.54 Å². The van der Waals surface area contributed by atoms with E-state index in [9.17, 15) is 4.79 Å². The summed E-state index contributed by atoms with van der Waals surface area (Å²) in [5.74, 6) is 2.74. The molecule has 22 heavy (non-hydrogen) atoms. The molecule has 3 aliphatic heterocycles. The lowest BCUT2D eigenvalue weighted by atomic mass is 9.65. The first-order chi connectivity index (χ1) is 10.6. The molecule has 4 rings (SSSR count). The molecule has 4 fully saturated rings. The van der Waals surface area contributed by atoms with Crippen molar-refractivity contribution in [3.8, 4) is 0 Å². The minimum Gasteiger partial charge on any atom is -0.332 e. The molecule has 3 heteroatoms. The molecule has 3 atom stereocenters.